The van der Waals surface area contributed by atoms with Gasteiger partial charge in [-0.15, -0.1) is 0 Å². The molecule has 0 bridgehead atoms. The largest absolute Gasteiger partial charge is 0.497 e. The zero-order valence-corrected chi connectivity index (χ0v) is 19.0. The molecular weight excluding hydrogens is 414 g/mol. The maximum atomic E-state index is 13.4. The molecule has 0 spiro atoms. The molecule has 0 aromatic heterocycles. The Labute approximate surface area is 185 Å². The smallest absolute Gasteiger partial charge is 0.264 e. The van der Waals surface area contributed by atoms with Crippen LogP contribution in [0.15, 0.2) is 53.4 Å². The van der Waals surface area contributed by atoms with Gasteiger partial charge in [-0.1, -0.05) is 17.7 Å². The third kappa shape index (κ3) is 6.21. The number of rotatable bonds is 10. The number of amides is 1. The summed E-state index contributed by atoms with van der Waals surface area (Å²) < 4.78 is 33.0. The second-order valence-corrected chi connectivity index (χ2v) is 9.64. The van der Waals surface area contributed by atoms with E-state index in [-0.39, 0.29) is 17.3 Å². The lowest BCUT2D eigenvalue weighted by atomic mass is 10.2. The number of benzene rings is 2. The van der Waals surface area contributed by atoms with Crippen LogP contribution in [0.4, 0.5) is 5.69 Å². The van der Waals surface area contributed by atoms with Gasteiger partial charge in [-0.05, 0) is 82.2 Å². The van der Waals surface area contributed by atoms with Crippen LogP contribution in [0.1, 0.15) is 24.8 Å². The number of anilines is 1. The third-order valence-corrected chi connectivity index (χ3v) is 7.22. The van der Waals surface area contributed by atoms with Gasteiger partial charge in [0.1, 0.15) is 12.3 Å². The van der Waals surface area contributed by atoms with E-state index in [0.717, 1.165) is 35.9 Å². The van der Waals surface area contributed by atoms with Crippen molar-refractivity contribution in [1.29, 1.82) is 0 Å². The normalized spacial score (nSPS) is 14.4. The Kier molecular flexibility index (Phi) is 7.92. The van der Waals surface area contributed by atoms with E-state index in [0.29, 0.717) is 18.0 Å². The van der Waals surface area contributed by atoms with E-state index in [1.54, 1.807) is 24.3 Å². The van der Waals surface area contributed by atoms with E-state index in [2.05, 4.69) is 10.2 Å². The molecule has 168 valence electrons. The molecule has 1 heterocycles. The Hall–Kier alpha value is -2.58. The summed E-state index contributed by atoms with van der Waals surface area (Å²) in [5, 5.41) is 2.87. The molecule has 0 aliphatic carbocycles. The molecule has 2 aromatic carbocycles. The van der Waals surface area contributed by atoms with Gasteiger partial charge in [-0.2, -0.15) is 0 Å². The van der Waals surface area contributed by atoms with E-state index in [4.69, 9.17) is 4.74 Å². The molecule has 1 saturated heterocycles. The first-order valence-corrected chi connectivity index (χ1v) is 12.1. The standard InChI is InChI=1S/C23H31N3O4S/c1-19-6-8-20(9-7-19)26(31(28,29)22-12-10-21(30-2)11-13-22)18-23(27)24-14-5-17-25-15-3-4-16-25/h6-13H,3-5,14-18H2,1-2H3,(H,24,27). The summed E-state index contributed by atoms with van der Waals surface area (Å²) in [6, 6.07) is 13.3. The van der Waals surface area contributed by atoms with Crippen LogP contribution in [0.3, 0.4) is 0 Å². The molecule has 1 aliphatic rings. The van der Waals surface area contributed by atoms with Gasteiger partial charge >= 0.3 is 0 Å². The van der Waals surface area contributed by atoms with Crippen LogP contribution in [-0.4, -0.2) is 59.1 Å². The highest BCUT2D eigenvalue weighted by molar-refractivity contribution is 7.92. The van der Waals surface area contributed by atoms with Gasteiger partial charge in [0.2, 0.25) is 5.91 Å². The fraction of sp³-hybridized carbons (Fsp3) is 0.435. The average molecular weight is 446 g/mol. The number of aryl methyl sites for hydroxylation is 1. The molecule has 1 aliphatic heterocycles. The molecule has 0 atom stereocenters. The molecule has 0 radical (unpaired) electrons. The fourth-order valence-electron chi connectivity index (χ4n) is 3.62. The zero-order chi connectivity index (χ0) is 22.3. The maximum Gasteiger partial charge on any atom is 0.264 e. The van der Waals surface area contributed by atoms with Gasteiger partial charge in [0.25, 0.3) is 10.0 Å². The number of methoxy groups -OCH3 is 1. The minimum Gasteiger partial charge on any atom is -0.497 e. The van der Waals surface area contributed by atoms with Gasteiger partial charge in [0, 0.05) is 6.54 Å². The first kappa shape index (κ1) is 23.1. The summed E-state index contributed by atoms with van der Waals surface area (Å²) in [5.74, 6) is 0.246. The van der Waals surface area contributed by atoms with Gasteiger partial charge in [0.15, 0.2) is 0 Å². The molecule has 1 fully saturated rings. The first-order valence-electron chi connectivity index (χ1n) is 10.6. The Morgan fingerprint density at radius 3 is 2.32 bits per heavy atom. The van der Waals surface area contributed by atoms with Crippen molar-refractivity contribution >= 4 is 21.6 Å². The number of carbonyl (C=O) groups excluding carboxylic acids is 1. The van der Waals surface area contributed by atoms with Gasteiger partial charge in [0.05, 0.1) is 17.7 Å². The average Bonchev–Trinajstić information content (AvgIpc) is 3.29. The minimum atomic E-state index is -3.92. The van der Waals surface area contributed by atoms with Crippen molar-refractivity contribution in [3.8, 4) is 5.75 Å². The molecule has 0 saturated carbocycles. The number of nitrogens with zero attached hydrogens (tertiary/aromatic N) is 2. The van der Waals surface area contributed by atoms with Crippen LogP contribution in [0, 0.1) is 6.92 Å². The molecule has 2 aromatic rings. The summed E-state index contributed by atoms with van der Waals surface area (Å²) in [6.07, 6.45) is 3.32. The van der Waals surface area contributed by atoms with E-state index in [9.17, 15) is 13.2 Å². The van der Waals surface area contributed by atoms with Gasteiger partial charge in [-0.3, -0.25) is 9.10 Å². The van der Waals surface area contributed by atoms with Crippen molar-refractivity contribution in [2.24, 2.45) is 0 Å². The molecule has 3 rings (SSSR count). The number of ether oxygens (including phenoxy) is 1. The maximum absolute atomic E-state index is 13.4. The summed E-state index contributed by atoms with van der Waals surface area (Å²) in [6.45, 7) is 5.37. The van der Waals surface area contributed by atoms with Crippen LogP contribution < -0.4 is 14.4 Å². The van der Waals surface area contributed by atoms with Gasteiger partial charge in [-0.25, -0.2) is 8.42 Å². The van der Waals surface area contributed by atoms with Gasteiger partial charge < -0.3 is 15.0 Å². The first-order chi connectivity index (χ1) is 14.9. The number of likely N-dealkylation sites (tertiary alicyclic amines) is 1. The Morgan fingerprint density at radius 1 is 1.06 bits per heavy atom. The Bertz CT molecular complexity index is 953. The lowest BCUT2D eigenvalue weighted by molar-refractivity contribution is -0.119. The fourth-order valence-corrected chi connectivity index (χ4v) is 5.05. The monoisotopic (exact) mass is 445 g/mol. The van der Waals surface area contributed by atoms with Crippen molar-refractivity contribution in [3.05, 3.63) is 54.1 Å². The predicted octanol–water partition coefficient (Wildman–Crippen LogP) is 2.80. The Morgan fingerprint density at radius 2 is 1.71 bits per heavy atom. The predicted molar refractivity (Wildman–Crippen MR) is 122 cm³/mol. The van der Waals surface area contributed by atoms with E-state index in [1.165, 1.54) is 32.1 Å². The molecule has 8 heteroatoms. The summed E-state index contributed by atoms with van der Waals surface area (Å²) in [7, 11) is -2.40. The topological polar surface area (TPSA) is 79.0 Å². The molecule has 7 nitrogen and oxygen atoms in total. The van der Waals surface area contributed by atoms with Crippen LogP contribution in [0.5, 0.6) is 5.75 Å². The summed E-state index contributed by atoms with van der Waals surface area (Å²) in [4.78, 5) is 15.1. The van der Waals surface area contributed by atoms with E-state index >= 15 is 0 Å². The molecule has 1 N–H and O–H groups in total. The highest BCUT2D eigenvalue weighted by atomic mass is 32.2. The molecule has 1 amide bonds. The number of hydrogen-bond acceptors (Lipinski definition) is 5. The van der Waals surface area contributed by atoms with Crippen molar-refractivity contribution in [2.75, 3.05) is 44.1 Å². The molecule has 31 heavy (non-hydrogen) atoms. The second-order valence-electron chi connectivity index (χ2n) is 7.78. The number of sulfonamides is 1. The van der Waals surface area contributed by atoms with Crippen molar-refractivity contribution in [3.63, 3.8) is 0 Å². The lowest BCUT2D eigenvalue weighted by Gasteiger charge is -2.24. The number of hydrogen-bond donors (Lipinski definition) is 1. The Balaban J connectivity index is 1.71. The lowest BCUT2D eigenvalue weighted by Crippen LogP contribution is -2.41. The number of nitrogens with one attached hydrogen (secondary N) is 1. The third-order valence-electron chi connectivity index (χ3n) is 5.43. The van der Waals surface area contributed by atoms with E-state index < -0.39 is 10.0 Å². The highest BCUT2D eigenvalue weighted by Gasteiger charge is 2.27. The quantitative estimate of drug-likeness (QED) is 0.569. The SMILES string of the molecule is COc1ccc(S(=O)(=O)N(CC(=O)NCCCN2CCCC2)c2ccc(C)cc2)cc1. The molecular formula is C23H31N3O4S. The zero-order valence-electron chi connectivity index (χ0n) is 18.2. The van der Waals surface area contributed by atoms with Crippen LogP contribution >= 0.6 is 0 Å². The minimum absolute atomic E-state index is 0.107. The van der Waals surface area contributed by atoms with Crippen LogP contribution in [-0.2, 0) is 14.8 Å². The van der Waals surface area contributed by atoms with Crippen LogP contribution in [0.25, 0.3) is 0 Å². The summed E-state index contributed by atoms with van der Waals surface area (Å²) in [5.41, 5.74) is 1.46. The number of carbonyl (C=O) groups is 1. The van der Waals surface area contributed by atoms with Crippen molar-refractivity contribution < 1.29 is 17.9 Å². The van der Waals surface area contributed by atoms with Crippen molar-refractivity contribution in [2.45, 2.75) is 31.1 Å². The molecule has 0 unspecified atom stereocenters. The van der Waals surface area contributed by atoms with Crippen molar-refractivity contribution in [1.82, 2.24) is 10.2 Å². The second kappa shape index (κ2) is 10.6. The van der Waals surface area contributed by atoms with E-state index in [1.807, 2.05) is 19.1 Å². The highest BCUT2D eigenvalue weighted by Crippen LogP contribution is 2.25. The summed E-state index contributed by atoms with van der Waals surface area (Å²) >= 11 is 0. The van der Waals surface area contributed by atoms with Crippen LogP contribution in [0.2, 0.25) is 0 Å².